The molecule has 0 aromatic heterocycles. The molecule has 0 unspecified atom stereocenters. The third-order valence-corrected chi connectivity index (χ3v) is 5.09. The van der Waals surface area contributed by atoms with Crippen molar-refractivity contribution in [2.45, 2.75) is 24.8 Å². The minimum absolute atomic E-state index is 0.132. The van der Waals surface area contributed by atoms with Gasteiger partial charge in [0.25, 0.3) is 0 Å². The Morgan fingerprint density at radius 2 is 1.90 bits per heavy atom. The summed E-state index contributed by atoms with van der Waals surface area (Å²) >= 11 is 1.72. The molecule has 0 saturated carbocycles. The van der Waals surface area contributed by atoms with Crippen molar-refractivity contribution in [1.29, 1.82) is 0 Å². The molecule has 2 aliphatic rings. The fourth-order valence-corrected chi connectivity index (χ4v) is 3.91. The molecule has 1 aromatic carbocycles. The normalized spacial score (nSPS) is 22.7. The van der Waals surface area contributed by atoms with Gasteiger partial charge in [0, 0.05) is 31.6 Å². The highest BCUT2D eigenvalue weighted by atomic mass is 32.2. The summed E-state index contributed by atoms with van der Waals surface area (Å²) in [5.74, 6) is -0.0524. The van der Waals surface area contributed by atoms with E-state index in [1.165, 1.54) is 12.1 Å². The van der Waals surface area contributed by atoms with Gasteiger partial charge in [0.2, 0.25) is 0 Å². The maximum absolute atomic E-state index is 13.1. The van der Waals surface area contributed by atoms with E-state index in [0.717, 1.165) is 43.0 Å². The molecule has 1 aromatic rings. The highest BCUT2D eigenvalue weighted by molar-refractivity contribution is 8.14. The number of benzene rings is 1. The number of hydrogen-bond donors (Lipinski definition) is 1. The second-order valence-electron chi connectivity index (χ2n) is 5.52. The Morgan fingerprint density at radius 1 is 1.19 bits per heavy atom. The topological polar surface area (TPSA) is 33.6 Å². The maximum Gasteiger partial charge on any atom is 0.157 e. The van der Waals surface area contributed by atoms with Crippen LogP contribution in [0.25, 0.3) is 0 Å². The van der Waals surface area contributed by atoms with Crippen molar-refractivity contribution in [2.75, 3.05) is 25.5 Å². The van der Waals surface area contributed by atoms with Gasteiger partial charge < -0.3 is 10.1 Å². The standard InChI is InChI=1S/C15H18F2N2OS/c16-12-7-11(8-13(17)9-12)1-4-18-14-19-15(10-21-14)2-5-20-6-3-15/h7-9H,1-6,10H2,(H,18,19). The zero-order chi connectivity index (χ0) is 14.7. The van der Waals surface area contributed by atoms with Crippen molar-refractivity contribution in [3.8, 4) is 0 Å². The van der Waals surface area contributed by atoms with Crippen LogP contribution in [0.4, 0.5) is 8.78 Å². The van der Waals surface area contributed by atoms with E-state index in [9.17, 15) is 8.78 Å². The van der Waals surface area contributed by atoms with Gasteiger partial charge in [0.1, 0.15) is 11.6 Å². The third kappa shape index (κ3) is 3.74. The monoisotopic (exact) mass is 312 g/mol. The van der Waals surface area contributed by atoms with Crippen LogP contribution < -0.4 is 5.32 Å². The Kier molecular flexibility index (Phi) is 4.45. The van der Waals surface area contributed by atoms with Crippen molar-refractivity contribution >= 4 is 16.9 Å². The first-order valence-electron chi connectivity index (χ1n) is 7.13. The van der Waals surface area contributed by atoms with Crippen LogP contribution >= 0.6 is 11.8 Å². The molecule has 1 spiro atoms. The Labute approximate surface area is 127 Å². The number of nitrogens with one attached hydrogen (secondary N) is 1. The molecule has 6 heteroatoms. The molecule has 0 atom stereocenters. The fourth-order valence-electron chi connectivity index (χ4n) is 2.66. The van der Waals surface area contributed by atoms with Crippen LogP contribution in [0.5, 0.6) is 0 Å². The van der Waals surface area contributed by atoms with Gasteiger partial charge in [0.15, 0.2) is 5.17 Å². The van der Waals surface area contributed by atoms with Gasteiger partial charge in [-0.25, -0.2) is 8.78 Å². The predicted octanol–water partition coefficient (Wildman–Crippen LogP) is 2.75. The first-order chi connectivity index (χ1) is 10.2. The molecule has 0 aliphatic carbocycles. The molecule has 114 valence electrons. The van der Waals surface area contributed by atoms with Crippen LogP contribution in [0.1, 0.15) is 18.4 Å². The third-order valence-electron chi connectivity index (χ3n) is 3.89. The summed E-state index contributed by atoms with van der Waals surface area (Å²) in [4.78, 5) is 4.51. The fraction of sp³-hybridized carbons (Fsp3) is 0.533. The Balaban J connectivity index is 1.55. The highest BCUT2D eigenvalue weighted by Crippen LogP contribution is 2.31. The Bertz CT molecular complexity index is 524. The van der Waals surface area contributed by atoms with E-state index in [0.29, 0.717) is 18.5 Å². The molecule has 2 aliphatic heterocycles. The van der Waals surface area contributed by atoms with Crippen LogP contribution in [0.3, 0.4) is 0 Å². The highest BCUT2D eigenvalue weighted by Gasteiger charge is 2.38. The molecule has 1 N–H and O–H groups in total. The van der Waals surface area contributed by atoms with Crippen LogP contribution in [0.15, 0.2) is 23.2 Å². The minimum Gasteiger partial charge on any atom is -0.381 e. The Morgan fingerprint density at radius 3 is 2.62 bits per heavy atom. The zero-order valence-electron chi connectivity index (χ0n) is 11.7. The maximum atomic E-state index is 13.1. The van der Waals surface area contributed by atoms with Gasteiger partial charge >= 0.3 is 0 Å². The van der Waals surface area contributed by atoms with Crippen molar-refractivity contribution in [3.63, 3.8) is 0 Å². The van der Waals surface area contributed by atoms with E-state index in [1.54, 1.807) is 11.8 Å². The number of nitrogens with zero attached hydrogens (tertiary/aromatic N) is 1. The molecule has 21 heavy (non-hydrogen) atoms. The van der Waals surface area contributed by atoms with Gasteiger partial charge in [-0.05, 0) is 37.0 Å². The number of aliphatic imine (C=N–C) groups is 1. The lowest BCUT2D eigenvalue weighted by atomic mass is 9.93. The van der Waals surface area contributed by atoms with E-state index >= 15 is 0 Å². The van der Waals surface area contributed by atoms with E-state index < -0.39 is 11.6 Å². The van der Waals surface area contributed by atoms with Crippen molar-refractivity contribution in [2.24, 2.45) is 4.99 Å². The van der Waals surface area contributed by atoms with Crippen molar-refractivity contribution in [1.82, 2.24) is 5.32 Å². The summed E-state index contributed by atoms with van der Waals surface area (Å²) in [6.45, 7) is 2.12. The summed E-state index contributed by atoms with van der Waals surface area (Å²) in [6, 6.07) is 3.61. The number of amidine groups is 1. The van der Waals surface area contributed by atoms with E-state index in [1.807, 2.05) is 0 Å². The van der Waals surface area contributed by atoms with E-state index in [4.69, 9.17) is 4.74 Å². The molecular formula is C15H18F2N2OS. The number of halogens is 2. The lowest BCUT2D eigenvalue weighted by Gasteiger charge is -2.32. The predicted molar refractivity (Wildman–Crippen MR) is 80.7 cm³/mol. The molecule has 3 rings (SSSR count). The molecule has 2 heterocycles. The molecule has 3 nitrogen and oxygen atoms in total. The van der Waals surface area contributed by atoms with E-state index in [2.05, 4.69) is 10.3 Å². The summed E-state index contributed by atoms with van der Waals surface area (Å²) in [5, 5.41) is 4.44. The zero-order valence-corrected chi connectivity index (χ0v) is 12.5. The average molecular weight is 312 g/mol. The van der Waals surface area contributed by atoms with E-state index in [-0.39, 0.29) is 5.54 Å². The molecule has 0 amide bonds. The molecule has 2 fully saturated rings. The summed E-state index contributed by atoms with van der Waals surface area (Å²) in [5.41, 5.74) is 0.771. The average Bonchev–Trinajstić information content (AvgIpc) is 2.81. The second kappa shape index (κ2) is 6.32. The lowest BCUT2D eigenvalue weighted by Crippen LogP contribution is -2.48. The van der Waals surface area contributed by atoms with Gasteiger partial charge in [-0.3, -0.25) is 4.99 Å². The van der Waals surface area contributed by atoms with Crippen LogP contribution in [0, 0.1) is 11.6 Å². The summed E-state index contributed by atoms with van der Waals surface area (Å²) in [7, 11) is 0. The molecular weight excluding hydrogens is 294 g/mol. The number of thioether (sulfide) groups is 1. The quantitative estimate of drug-likeness (QED) is 0.932. The second-order valence-corrected chi connectivity index (χ2v) is 6.48. The number of hydrogen-bond acceptors (Lipinski definition) is 3. The van der Waals surface area contributed by atoms with Crippen molar-refractivity contribution in [3.05, 3.63) is 35.4 Å². The van der Waals surface area contributed by atoms with Gasteiger partial charge in [-0.15, -0.1) is 0 Å². The molecule has 0 bridgehead atoms. The lowest BCUT2D eigenvalue weighted by molar-refractivity contribution is 0.0555. The van der Waals surface area contributed by atoms with Gasteiger partial charge in [0.05, 0.1) is 5.54 Å². The van der Waals surface area contributed by atoms with Crippen LogP contribution in [-0.2, 0) is 11.2 Å². The van der Waals surface area contributed by atoms with Crippen molar-refractivity contribution < 1.29 is 13.5 Å². The minimum atomic E-state index is -0.535. The summed E-state index contributed by atoms with van der Waals surface area (Å²) < 4.78 is 31.6. The molecule has 0 radical (unpaired) electrons. The number of ether oxygens (including phenoxy) is 1. The molecule has 2 saturated heterocycles. The van der Waals surface area contributed by atoms with Gasteiger partial charge in [-0.2, -0.15) is 0 Å². The smallest absolute Gasteiger partial charge is 0.157 e. The first kappa shape index (κ1) is 14.8. The first-order valence-corrected chi connectivity index (χ1v) is 8.12. The SMILES string of the molecule is Fc1cc(F)cc(CCN=C2NC3(CCOCC3)CS2)c1. The van der Waals surface area contributed by atoms with Gasteiger partial charge in [-0.1, -0.05) is 11.8 Å². The van der Waals surface area contributed by atoms with Crippen LogP contribution in [-0.4, -0.2) is 36.2 Å². The van der Waals surface area contributed by atoms with Crippen LogP contribution in [0.2, 0.25) is 0 Å². The Hall–Kier alpha value is -1.14. The summed E-state index contributed by atoms with van der Waals surface area (Å²) in [6.07, 6.45) is 2.55. The largest absolute Gasteiger partial charge is 0.381 e. The number of rotatable bonds is 3.